The van der Waals surface area contributed by atoms with Gasteiger partial charge in [0, 0.05) is 12.3 Å². The topological polar surface area (TPSA) is 64.3 Å². The van der Waals surface area contributed by atoms with Crippen molar-refractivity contribution in [1.82, 2.24) is 5.32 Å². The van der Waals surface area contributed by atoms with E-state index in [1.165, 1.54) is 11.1 Å². The van der Waals surface area contributed by atoms with Crippen molar-refractivity contribution in [3.63, 3.8) is 0 Å². The normalized spacial score (nSPS) is 26.4. The Morgan fingerprint density at radius 2 is 2.29 bits per heavy atom. The molecule has 4 nitrogen and oxygen atoms in total. The molecule has 5 heteroatoms. The molecule has 3 unspecified atom stereocenters. The van der Waals surface area contributed by atoms with E-state index in [4.69, 9.17) is 10.5 Å². The van der Waals surface area contributed by atoms with Crippen LogP contribution in [0, 0.1) is 5.92 Å². The lowest BCUT2D eigenvalue weighted by atomic mass is 9.87. The molecule has 3 atom stereocenters. The predicted octanol–water partition coefficient (Wildman–Crippen LogP) is 2.61. The first-order chi connectivity index (χ1) is 9.69. The first kappa shape index (κ1) is 16.1. The molecular weight excluding hydrogens is 288 g/mol. The molecule has 1 aromatic rings. The Balaban J connectivity index is 0.00000161. The summed E-state index contributed by atoms with van der Waals surface area (Å²) >= 11 is 0. The average molecular weight is 311 g/mol. The van der Waals surface area contributed by atoms with Crippen molar-refractivity contribution in [3.8, 4) is 0 Å². The van der Waals surface area contributed by atoms with Gasteiger partial charge in [-0.3, -0.25) is 4.79 Å². The molecule has 0 aromatic heterocycles. The largest absolute Gasteiger partial charge is 0.399 e. The molecule has 1 amide bonds. The monoisotopic (exact) mass is 310 g/mol. The Labute approximate surface area is 131 Å². The lowest BCUT2D eigenvalue weighted by Crippen LogP contribution is -2.33. The lowest BCUT2D eigenvalue weighted by Gasteiger charge is -2.26. The molecule has 0 saturated heterocycles. The number of nitrogens with two attached hydrogens (primary N) is 1. The maximum atomic E-state index is 12.2. The zero-order chi connectivity index (χ0) is 14.1. The molecule has 0 aliphatic heterocycles. The third-order valence-electron chi connectivity index (χ3n) is 4.25. The number of amides is 1. The van der Waals surface area contributed by atoms with Crippen LogP contribution >= 0.6 is 12.4 Å². The van der Waals surface area contributed by atoms with Crippen molar-refractivity contribution in [2.75, 3.05) is 12.3 Å². The van der Waals surface area contributed by atoms with E-state index < -0.39 is 0 Å². The zero-order valence-corrected chi connectivity index (χ0v) is 13.1. The number of hydrogen-bond donors (Lipinski definition) is 2. The van der Waals surface area contributed by atoms with Gasteiger partial charge in [-0.1, -0.05) is 6.07 Å². The lowest BCUT2D eigenvalue weighted by molar-refractivity contribution is -0.124. The molecule has 1 fully saturated rings. The van der Waals surface area contributed by atoms with E-state index in [1.807, 2.05) is 19.1 Å². The number of fused-ring (bicyclic) bond motifs is 1. The van der Waals surface area contributed by atoms with Crippen molar-refractivity contribution >= 4 is 24.0 Å². The maximum absolute atomic E-state index is 12.2. The molecule has 0 bridgehead atoms. The minimum Gasteiger partial charge on any atom is -0.399 e. The van der Waals surface area contributed by atoms with Gasteiger partial charge < -0.3 is 15.8 Å². The summed E-state index contributed by atoms with van der Waals surface area (Å²) < 4.78 is 5.48. The summed E-state index contributed by atoms with van der Waals surface area (Å²) in [6.45, 7) is 2.65. The fourth-order valence-electron chi connectivity index (χ4n) is 3.11. The fourth-order valence-corrected chi connectivity index (χ4v) is 3.11. The van der Waals surface area contributed by atoms with E-state index in [-0.39, 0.29) is 36.4 Å². The molecule has 0 spiro atoms. The van der Waals surface area contributed by atoms with E-state index in [1.54, 1.807) is 0 Å². The van der Waals surface area contributed by atoms with Gasteiger partial charge in [-0.25, -0.2) is 0 Å². The second-order valence-corrected chi connectivity index (χ2v) is 5.75. The number of benzene rings is 1. The van der Waals surface area contributed by atoms with Crippen LogP contribution in [0.4, 0.5) is 5.69 Å². The van der Waals surface area contributed by atoms with Gasteiger partial charge >= 0.3 is 0 Å². The Kier molecular flexibility index (Phi) is 5.12. The number of nitrogen functional groups attached to an aromatic ring is 1. The molecule has 1 aromatic carbocycles. The molecule has 2 aliphatic carbocycles. The number of carbonyl (C=O) groups is 1. The van der Waals surface area contributed by atoms with Gasteiger partial charge in [0.2, 0.25) is 5.91 Å². The van der Waals surface area contributed by atoms with Gasteiger partial charge in [0.1, 0.15) is 0 Å². The highest BCUT2D eigenvalue weighted by Gasteiger charge is 2.44. The molecule has 0 radical (unpaired) electrons. The molecule has 2 aliphatic rings. The summed E-state index contributed by atoms with van der Waals surface area (Å²) in [6.07, 6.45) is 4.16. The van der Waals surface area contributed by atoms with Crippen molar-refractivity contribution in [2.45, 2.75) is 44.8 Å². The fraction of sp³-hybridized carbons (Fsp3) is 0.562. The number of ether oxygens (including phenoxy) is 1. The van der Waals surface area contributed by atoms with Gasteiger partial charge in [0.15, 0.2) is 0 Å². The molecule has 0 heterocycles. The summed E-state index contributed by atoms with van der Waals surface area (Å²) in [5, 5.41) is 3.19. The van der Waals surface area contributed by atoms with E-state index in [0.29, 0.717) is 6.61 Å². The number of carbonyl (C=O) groups excluding carboxylic acids is 1. The number of anilines is 1. The summed E-state index contributed by atoms with van der Waals surface area (Å²) in [7, 11) is 0. The second-order valence-electron chi connectivity index (χ2n) is 5.75. The standard InChI is InChI=1S/C16H22N2O2.ClH/c1-2-20-15-9-13(15)16(19)18-14-5-3-4-10-8-11(17)6-7-12(10)14;/h6-8,13-15H,2-5,9,17H2,1H3,(H,18,19);1H. The second kappa shape index (κ2) is 6.67. The predicted molar refractivity (Wildman–Crippen MR) is 85.4 cm³/mol. The zero-order valence-electron chi connectivity index (χ0n) is 12.3. The summed E-state index contributed by atoms with van der Waals surface area (Å²) in [5.74, 6) is 0.187. The van der Waals surface area contributed by atoms with Gasteiger partial charge in [-0.2, -0.15) is 0 Å². The van der Waals surface area contributed by atoms with E-state index in [2.05, 4.69) is 11.4 Å². The summed E-state index contributed by atoms with van der Waals surface area (Å²) in [4.78, 5) is 12.2. The molecule has 3 N–H and O–H groups in total. The number of aryl methyl sites for hydroxylation is 1. The smallest absolute Gasteiger partial charge is 0.226 e. The Morgan fingerprint density at radius 1 is 1.48 bits per heavy atom. The van der Waals surface area contributed by atoms with Gasteiger partial charge in [0.25, 0.3) is 0 Å². The van der Waals surface area contributed by atoms with Gasteiger partial charge in [-0.05, 0) is 55.9 Å². The molecule has 116 valence electrons. The third-order valence-corrected chi connectivity index (χ3v) is 4.25. The Bertz CT molecular complexity index is 521. The van der Waals surface area contributed by atoms with Crippen LogP contribution < -0.4 is 11.1 Å². The quantitative estimate of drug-likeness (QED) is 0.840. The average Bonchev–Trinajstić information content (AvgIpc) is 3.18. The SMILES string of the molecule is CCOC1CC1C(=O)NC1CCCc2cc(N)ccc21.Cl. The summed E-state index contributed by atoms with van der Waals surface area (Å²) in [5.41, 5.74) is 9.14. The van der Waals surface area contributed by atoms with Gasteiger partial charge in [-0.15, -0.1) is 12.4 Å². The minimum absolute atomic E-state index is 0. The van der Waals surface area contributed by atoms with Crippen LogP contribution in [0.25, 0.3) is 0 Å². The Hall–Kier alpha value is -1.26. The van der Waals surface area contributed by atoms with Crippen LogP contribution in [0.3, 0.4) is 0 Å². The highest BCUT2D eigenvalue weighted by Crippen LogP contribution is 2.36. The maximum Gasteiger partial charge on any atom is 0.226 e. The van der Waals surface area contributed by atoms with Gasteiger partial charge in [0.05, 0.1) is 18.1 Å². The number of hydrogen-bond acceptors (Lipinski definition) is 3. The number of nitrogens with one attached hydrogen (secondary N) is 1. The van der Waals surface area contributed by atoms with Crippen LogP contribution in [-0.4, -0.2) is 18.6 Å². The number of halogens is 1. The highest BCUT2D eigenvalue weighted by atomic mass is 35.5. The number of rotatable bonds is 4. The third kappa shape index (κ3) is 3.50. The van der Waals surface area contributed by atoms with Crippen molar-refractivity contribution in [3.05, 3.63) is 29.3 Å². The van der Waals surface area contributed by atoms with Crippen molar-refractivity contribution < 1.29 is 9.53 Å². The summed E-state index contributed by atoms with van der Waals surface area (Å²) in [6, 6.07) is 6.15. The Morgan fingerprint density at radius 3 is 3.05 bits per heavy atom. The molecular formula is C16H23ClN2O2. The van der Waals surface area contributed by atoms with Crippen molar-refractivity contribution in [1.29, 1.82) is 0 Å². The van der Waals surface area contributed by atoms with Crippen LogP contribution in [0.5, 0.6) is 0 Å². The van der Waals surface area contributed by atoms with E-state index in [9.17, 15) is 4.79 Å². The van der Waals surface area contributed by atoms with Crippen molar-refractivity contribution in [2.24, 2.45) is 5.92 Å². The molecule has 21 heavy (non-hydrogen) atoms. The van der Waals surface area contributed by atoms with Crippen LogP contribution in [0.1, 0.15) is 43.4 Å². The first-order valence-corrected chi connectivity index (χ1v) is 7.49. The van der Waals surface area contributed by atoms with E-state index >= 15 is 0 Å². The molecule has 3 rings (SSSR count). The van der Waals surface area contributed by atoms with Crippen LogP contribution in [0.2, 0.25) is 0 Å². The minimum atomic E-state index is 0. The van der Waals surface area contributed by atoms with Crippen LogP contribution in [-0.2, 0) is 16.0 Å². The highest BCUT2D eigenvalue weighted by molar-refractivity contribution is 5.85. The first-order valence-electron chi connectivity index (χ1n) is 7.49. The van der Waals surface area contributed by atoms with E-state index in [0.717, 1.165) is 31.4 Å². The van der Waals surface area contributed by atoms with Crippen LogP contribution in [0.15, 0.2) is 18.2 Å². The molecule has 1 saturated carbocycles.